The summed E-state index contributed by atoms with van der Waals surface area (Å²) >= 11 is 0. The summed E-state index contributed by atoms with van der Waals surface area (Å²) in [7, 11) is 0. The smallest absolute Gasteiger partial charge is 0.0216 e. The number of nitrogens with two attached hydrogens (primary N) is 1. The molecule has 0 aromatic rings. The third-order valence-corrected chi connectivity index (χ3v) is 1.83. The monoisotopic (exact) mass is 114 g/mol. The van der Waals surface area contributed by atoms with Gasteiger partial charge in [-0.05, 0) is 19.3 Å². The number of nitrogens with zero attached hydrogens (tertiary/aromatic N) is 1. The normalized spacial score (nSPS) is 40.9. The van der Waals surface area contributed by atoms with Gasteiger partial charge in [0.15, 0.2) is 0 Å². The summed E-state index contributed by atoms with van der Waals surface area (Å²) in [6.07, 6.45) is 1.26. The average molecular weight is 114 g/mol. The van der Waals surface area contributed by atoms with E-state index in [2.05, 4.69) is 13.8 Å². The second-order valence-electron chi connectivity index (χ2n) is 2.89. The van der Waals surface area contributed by atoms with Gasteiger partial charge in [0.1, 0.15) is 0 Å². The Labute approximate surface area is 50.6 Å². The molecule has 2 unspecified atom stereocenters. The Bertz CT molecular complexity index is 72.6. The van der Waals surface area contributed by atoms with Crippen LogP contribution in [0, 0.1) is 5.92 Å². The molecule has 2 heteroatoms. The molecule has 0 aliphatic carbocycles. The maximum Gasteiger partial charge on any atom is 0.0216 e. The molecule has 8 heavy (non-hydrogen) atoms. The van der Waals surface area contributed by atoms with Crippen molar-refractivity contribution in [2.45, 2.75) is 26.3 Å². The Morgan fingerprint density at radius 3 is 2.25 bits per heavy atom. The van der Waals surface area contributed by atoms with E-state index in [1.165, 1.54) is 6.42 Å². The van der Waals surface area contributed by atoms with Crippen molar-refractivity contribution < 1.29 is 0 Å². The Morgan fingerprint density at radius 2 is 2.12 bits per heavy atom. The van der Waals surface area contributed by atoms with Gasteiger partial charge in [0.2, 0.25) is 0 Å². The predicted molar refractivity (Wildman–Crippen MR) is 34.1 cm³/mol. The Balaban J connectivity index is 2.39. The molecule has 0 saturated carbocycles. The lowest BCUT2D eigenvalue weighted by molar-refractivity contribution is 0.274. The molecule has 0 radical (unpaired) electrons. The van der Waals surface area contributed by atoms with Crippen molar-refractivity contribution >= 4 is 0 Å². The largest absolute Gasteiger partial charge is 0.269 e. The maximum absolute atomic E-state index is 5.60. The van der Waals surface area contributed by atoms with E-state index in [1.807, 2.05) is 5.01 Å². The van der Waals surface area contributed by atoms with Crippen molar-refractivity contribution in [3.63, 3.8) is 0 Å². The van der Waals surface area contributed by atoms with E-state index in [1.54, 1.807) is 0 Å². The quantitative estimate of drug-likeness (QED) is 0.467. The molecular formula is C6H14N2. The van der Waals surface area contributed by atoms with Crippen molar-refractivity contribution in [1.82, 2.24) is 5.01 Å². The van der Waals surface area contributed by atoms with Gasteiger partial charge in [-0.3, -0.25) is 5.84 Å². The van der Waals surface area contributed by atoms with Crippen molar-refractivity contribution in [3.8, 4) is 0 Å². The first kappa shape index (κ1) is 6.05. The molecule has 0 aromatic carbocycles. The van der Waals surface area contributed by atoms with Crippen molar-refractivity contribution in [1.29, 1.82) is 0 Å². The number of rotatable bonds is 0. The van der Waals surface area contributed by atoms with Crippen LogP contribution in [0.4, 0.5) is 0 Å². The van der Waals surface area contributed by atoms with E-state index >= 15 is 0 Å². The first-order chi connectivity index (χ1) is 3.70. The minimum Gasteiger partial charge on any atom is -0.269 e. The first-order valence-electron chi connectivity index (χ1n) is 3.21. The summed E-state index contributed by atoms with van der Waals surface area (Å²) in [4.78, 5) is 0. The molecule has 2 nitrogen and oxygen atoms in total. The van der Waals surface area contributed by atoms with Crippen LogP contribution in [0.5, 0.6) is 0 Å². The van der Waals surface area contributed by atoms with Gasteiger partial charge in [0, 0.05) is 12.6 Å². The number of hydrazine groups is 1. The lowest BCUT2D eigenvalue weighted by atomic mass is 10.1. The Morgan fingerprint density at radius 1 is 1.50 bits per heavy atom. The van der Waals surface area contributed by atoms with Gasteiger partial charge in [-0.2, -0.15) is 0 Å². The van der Waals surface area contributed by atoms with Crippen molar-refractivity contribution in [2.24, 2.45) is 11.8 Å². The van der Waals surface area contributed by atoms with Gasteiger partial charge < -0.3 is 0 Å². The predicted octanol–water partition coefficient (Wildman–Crippen LogP) is 0.590. The minimum atomic E-state index is 0.602. The molecule has 48 valence electrons. The highest BCUT2D eigenvalue weighted by Crippen LogP contribution is 2.17. The van der Waals surface area contributed by atoms with Crippen LogP contribution in [-0.4, -0.2) is 17.6 Å². The molecule has 0 spiro atoms. The molecule has 1 heterocycles. The maximum atomic E-state index is 5.60. The fraction of sp³-hybridized carbons (Fsp3) is 1.00. The molecule has 1 fully saturated rings. The van der Waals surface area contributed by atoms with Crippen LogP contribution < -0.4 is 5.84 Å². The Kier molecular flexibility index (Phi) is 1.54. The molecule has 0 amide bonds. The van der Waals surface area contributed by atoms with Crippen LogP contribution in [-0.2, 0) is 0 Å². The summed E-state index contributed by atoms with van der Waals surface area (Å²) in [5.74, 6) is 6.40. The third kappa shape index (κ3) is 1.01. The standard InChI is InChI=1S/C6H14N2/c1-5-3-6(2)8(7)4-5/h5-6H,3-4,7H2,1-2H3. The van der Waals surface area contributed by atoms with E-state index in [4.69, 9.17) is 5.84 Å². The second kappa shape index (κ2) is 2.03. The molecule has 1 aliphatic rings. The van der Waals surface area contributed by atoms with E-state index in [9.17, 15) is 0 Å². The van der Waals surface area contributed by atoms with Crippen LogP contribution in [0.15, 0.2) is 0 Å². The van der Waals surface area contributed by atoms with Crippen molar-refractivity contribution in [3.05, 3.63) is 0 Å². The zero-order valence-electron chi connectivity index (χ0n) is 5.59. The summed E-state index contributed by atoms with van der Waals surface area (Å²) in [6, 6.07) is 0.602. The zero-order valence-corrected chi connectivity index (χ0v) is 5.59. The summed E-state index contributed by atoms with van der Waals surface area (Å²) in [5, 5.41) is 1.92. The molecule has 1 rings (SSSR count). The van der Waals surface area contributed by atoms with Gasteiger partial charge in [0.25, 0.3) is 0 Å². The summed E-state index contributed by atoms with van der Waals surface area (Å²) < 4.78 is 0. The van der Waals surface area contributed by atoms with E-state index < -0.39 is 0 Å². The number of hydrogen-bond donors (Lipinski definition) is 1. The fourth-order valence-corrected chi connectivity index (χ4v) is 1.33. The van der Waals surface area contributed by atoms with E-state index in [-0.39, 0.29) is 0 Å². The summed E-state index contributed by atoms with van der Waals surface area (Å²) in [6.45, 7) is 5.48. The molecule has 2 N–H and O–H groups in total. The molecule has 1 saturated heterocycles. The molecule has 1 aliphatic heterocycles. The molecule has 0 aromatic heterocycles. The van der Waals surface area contributed by atoms with Crippen LogP contribution in [0.1, 0.15) is 20.3 Å². The zero-order chi connectivity index (χ0) is 6.15. The highest BCUT2D eigenvalue weighted by atomic mass is 15.4. The lowest BCUT2D eigenvalue weighted by Gasteiger charge is -2.11. The fourth-order valence-electron chi connectivity index (χ4n) is 1.33. The number of hydrogen-bond acceptors (Lipinski definition) is 2. The van der Waals surface area contributed by atoms with Gasteiger partial charge in [-0.15, -0.1) is 0 Å². The van der Waals surface area contributed by atoms with Crippen LogP contribution >= 0.6 is 0 Å². The van der Waals surface area contributed by atoms with Crippen LogP contribution in [0.25, 0.3) is 0 Å². The van der Waals surface area contributed by atoms with Gasteiger partial charge in [-0.1, -0.05) is 6.92 Å². The molecule has 2 atom stereocenters. The van der Waals surface area contributed by atoms with Gasteiger partial charge in [-0.25, -0.2) is 5.01 Å². The van der Waals surface area contributed by atoms with Crippen LogP contribution in [0.2, 0.25) is 0 Å². The van der Waals surface area contributed by atoms with Gasteiger partial charge >= 0.3 is 0 Å². The molecular weight excluding hydrogens is 100 g/mol. The Hall–Kier alpha value is -0.0800. The average Bonchev–Trinajstić information content (AvgIpc) is 1.85. The summed E-state index contributed by atoms with van der Waals surface area (Å²) in [5.41, 5.74) is 0. The highest BCUT2D eigenvalue weighted by molar-refractivity contribution is 4.75. The molecule has 0 bridgehead atoms. The topological polar surface area (TPSA) is 29.3 Å². The van der Waals surface area contributed by atoms with E-state index in [0.29, 0.717) is 6.04 Å². The van der Waals surface area contributed by atoms with E-state index in [0.717, 1.165) is 12.5 Å². The first-order valence-corrected chi connectivity index (χ1v) is 3.21. The van der Waals surface area contributed by atoms with Gasteiger partial charge in [0.05, 0.1) is 0 Å². The van der Waals surface area contributed by atoms with Crippen LogP contribution in [0.3, 0.4) is 0 Å². The third-order valence-electron chi connectivity index (χ3n) is 1.83. The minimum absolute atomic E-state index is 0.602. The highest BCUT2D eigenvalue weighted by Gasteiger charge is 2.22. The SMILES string of the molecule is CC1CC(C)N(N)C1. The lowest BCUT2D eigenvalue weighted by Crippen LogP contribution is -2.33. The van der Waals surface area contributed by atoms with Crippen molar-refractivity contribution in [2.75, 3.05) is 6.54 Å². The second-order valence-corrected chi connectivity index (χ2v) is 2.89.